The van der Waals surface area contributed by atoms with Crippen molar-refractivity contribution in [3.63, 3.8) is 0 Å². The smallest absolute Gasteiger partial charge is 0.241 e. The van der Waals surface area contributed by atoms with E-state index in [9.17, 15) is 4.79 Å². The first-order valence-electron chi connectivity index (χ1n) is 8.27. The zero-order valence-electron chi connectivity index (χ0n) is 13.1. The molecule has 1 aliphatic heterocycles. The second kappa shape index (κ2) is 6.18. The van der Waals surface area contributed by atoms with E-state index in [1.54, 1.807) is 0 Å². The van der Waals surface area contributed by atoms with Crippen LogP contribution in [0.15, 0.2) is 18.2 Å². The molecule has 1 saturated carbocycles. The number of hydrogen-bond donors (Lipinski definition) is 2. The van der Waals surface area contributed by atoms with Gasteiger partial charge in [0, 0.05) is 11.7 Å². The predicted molar refractivity (Wildman–Crippen MR) is 86.4 cm³/mol. The summed E-state index contributed by atoms with van der Waals surface area (Å²) in [6.45, 7) is 4.13. The molecule has 1 aromatic rings. The lowest BCUT2D eigenvalue weighted by atomic mass is 9.77. The van der Waals surface area contributed by atoms with Crippen molar-refractivity contribution < 1.29 is 4.79 Å². The lowest BCUT2D eigenvalue weighted by Crippen LogP contribution is -2.53. The second-order valence-corrected chi connectivity index (χ2v) is 6.81. The number of fused-ring (bicyclic) bond motifs is 1. The van der Waals surface area contributed by atoms with Crippen LogP contribution in [0.25, 0.3) is 0 Å². The van der Waals surface area contributed by atoms with Gasteiger partial charge in [0.15, 0.2) is 0 Å². The van der Waals surface area contributed by atoms with E-state index >= 15 is 0 Å². The number of amides is 1. The average Bonchev–Trinajstić information content (AvgIpc) is 2.45. The fourth-order valence-electron chi connectivity index (χ4n) is 3.98. The number of rotatable bonds is 2. The standard InChI is InChI=1S/C18H26N2O/c1-12-9-13(2)11-15(10-12)19-18(21)17-8-7-14-5-3-4-6-16(14)20-17/h9-11,14,16-17,20H,3-8H2,1-2H3,(H,19,21). The van der Waals surface area contributed by atoms with Crippen molar-refractivity contribution in [2.75, 3.05) is 5.32 Å². The van der Waals surface area contributed by atoms with Gasteiger partial charge in [0.2, 0.25) is 5.91 Å². The number of aryl methyl sites for hydroxylation is 2. The van der Waals surface area contributed by atoms with Gasteiger partial charge in [-0.25, -0.2) is 0 Å². The number of hydrogen-bond acceptors (Lipinski definition) is 2. The maximum absolute atomic E-state index is 12.5. The van der Waals surface area contributed by atoms with Crippen LogP contribution in [0.5, 0.6) is 0 Å². The van der Waals surface area contributed by atoms with Crippen LogP contribution in [0.4, 0.5) is 5.69 Å². The van der Waals surface area contributed by atoms with Crippen LogP contribution < -0.4 is 10.6 Å². The number of carbonyl (C=O) groups excluding carboxylic acids is 1. The van der Waals surface area contributed by atoms with Crippen LogP contribution in [0.2, 0.25) is 0 Å². The third kappa shape index (κ3) is 3.46. The third-order valence-electron chi connectivity index (χ3n) is 4.96. The minimum atomic E-state index is -0.0230. The van der Waals surface area contributed by atoms with Gasteiger partial charge in [-0.2, -0.15) is 0 Å². The Morgan fingerprint density at radius 1 is 1.05 bits per heavy atom. The minimum Gasteiger partial charge on any atom is -0.325 e. The van der Waals surface area contributed by atoms with Gasteiger partial charge in [-0.1, -0.05) is 18.9 Å². The Kier molecular flexibility index (Phi) is 4.29. The first-order valence-corrected chi connectivity index (χ1v) is 8.27. The number of carbonyl (C=O) groups is 1. The van der Waals surface area contributed by atoms with Crippen molar-refractivity contribution in [1.29, 1.82) is 0 Å². The summed E-state index contributed by atoms with van der Waals surface area (Å²) < 4.78 is 0. The summed E-state index contributed by atoms with van der Waals surface area (Å²) in [4.78, 5) is 12.5. The van der Waals surface area contributed by atoms with Crippen LogP contribution in [-0.2, 0) is 4.79 Å². The van der Waals surface area contributed by atoms with E-state index < -0.39 is 0 Å². The lowest BCUT2D eigenvalue weighted by Gasteiger charge is -2.39. The van der Waals surface area contributed by atoms with Gasteiger partial charge in [-0.05, 0) is 68.7 Å². The molecule has 1 amide bonds. The van der Waals surface area contributed by atoms with Crippen molar-refractivity contribution in [2.45, 2.75) is 64.5 Å². The molecule has 2 fully saturated rings. The Labute approximate surface area is 127 Å². The summed E-state index contributed by atoms with van der Waals surface area (Å²) in [5.41, 5.74) is 3.30. The fraction of sp³-hybridized carbons (Fsp3) is 0.611. The molecule has 1 aromatic carbocycles. The van der Waals surface area contributed by atoms with Crippen molar-refractivity contribution >= 4 is 11.6 Å². The summed E-state index contributed by atoms with van der Waals surface area (Å²) in [5, 5.41) is 6.68. The van der Waals surface area contributed by atoms with Crippen LogP contribution in [0, 0.1) is 19.8 Å². The quantitative estimate of drug-likeness (QED) is 0.873. The molecule has 21 heavy (non-hydrogen) atoms. The van der Waals surface area contributed by atoms with Gasteiger partial charge in [0.1, 0.15) is 0 Å². The summed E-state index contributed by atoms with van der Waals surface area (Å²) in [6.07, 6.45) is 7.41. The molecule has 1 aliphatic carbocycles. The molecular weight excluding hydrogens is 260 g/mol. The molecule has 3 nitrogen and oxygen atoms in total. The monoisotopic (exact) mass is 286 g/mol. The highest BCUT2D eigenvalue weighted by Crippen LogP contribution is 2.32. The van der Waals surface area contributed by atoms with Crippen molar-refractivity contribution in [3.05, 3.63) is 29.3 Å². The molecule has 3 rings (SSSR count). The highest BCUT2D eigenvalue weighted by Gasteiger charge is 2.34. The molecule has 3 unspecified atom stereocenters. The average molecular weight is 286 g/mol. The Morgan fingerprint density at radius 3 is 2.52 bits per heavy atom. The Bertz CT molecular complexity index is 506. The number of nitrogens with one attached hydrogen (secondary N) is 2. The maximum Gasteiger partial charge on any atom is 0.241 e. The molecule has 2 aliphatic rings. The number of benzene rings is 1. The SMILES string of the molecule is Cc1cc(C)cc(NC(=O)C2CCC3CCCCC3N2)c1. The first-order chi connectivity index (χ1) is 10.1. The van der Waals surface area contributed by atoms with E-state index in [-0.39, 0.29) is 11.9 Å². The van der Waals surface area contributed by atoms with E-state index in [1.807, 2.05) is 12.1 Å². The Balaban J connectivity index is 1.62. The van der Waals surface area contributed by atoms with Gasteiger partial charge >= 0.3 is 0 Å². The van der Waals surface area contributed by atoms with Crippen LogP contribution in [0.3, 0.4) is 0 Å². The van der Waals surface area contributed by atoms with Gasteiger partial charge < -0.3 is 10.6 Å². The van der Waals surface area contributed by atoms with Crippen molar-refractivity contribution in [3.8, 4) is 0 Å². The lowest BCUT2D eigenvalue weighted by molar-refractivity contribution is -0.119. The van der Waals surface area contributed by atoms with Crippen molar-refractivity contribution in [2.24, 2.45) is 5.92 Å². The van der Waals surface area contributed by atoms with Crippen molar-refractivity contribution in [1.82, 2.24) is 5.32 Å². The topological polar surface area (TPSA) is 41.1 Å². The zero-order chi connectivity index (χ0) is 14.8. The fourth-order valence-corrected chi connectivity index (χ4v) is 3.98. The number of anilines is 1. The van der Waals surface area contributed by atoms with E-state index in [0.717, 1.165) is 18.0 Å². The summed E-state index contributed by atoms with van der Waals surface area (Å²) in [6, 6.07) is 6.74. The van der Waals surface area contributed by atoms with Crippen LogP contribution >= 0.6 is 0 Å². The number of piperidine rings is 1. The molecular formula is C18H26N2O. The molecule has 0 aromatic heterocycles. The first kappa shape index (κ1) is 14.6. The molecule has 0 spiro atoms. The summed E-state index contributed by atoms with van der Waals surface area (Å²) >= 11 is 0. The van der Waals surface area contributed by atoms with E-state index in [1.165, 1.54) is 43.2 Å². The Morgan fingerprint density at radius 2 is 1.76 bits per heavy atom. The van der Waals surface area contributed by atoms with Gasteiger partial charge in [-0.15, -0.1) is 0 Å². The van der Waals surface area contributed by atoms with Gasteiger partial charge in [0.25, 0.3) is 0 Å². The zero-order valence-corrected chi connectivity index (χ0v) is 13.1. The second-order valence-electron chi connectivity index (χ2n) is 6.81. The molecule has 1 heterocycles. The van der Waals surface area contributed by atoms with E-state index in [4.69, 9.17) is 0 Å². The van der Waals surface area contributed by atoms with Crippen LogP contribution in [0.1, 0.15) is 49.7 Å². The summed E-state index contributed by atoms with van der Waals surface area (Å²) in [7, 11) is 0. The van der Waals surface area contributed by atoms with Crippen LogP contribution in [-0.4, -0.2) is 18.0 Å². The minimum absolute atomic E-state index is 0.0230. The maximum atomic E-state index is 12.5. The molecule has 3 atom stereocenters. The van der Waals surface area contributed by atoms with E-state index in [2.05, 4.69) is 30.5 Å². The molecule has 1 saturated heterocycles. The Hall–Kier alpha value is -1.35. The normalized spacial score (nSPS) is 28.8. The third-order valence-corrected chi connectivity index (χ3v) is 4.96. The summed E-state index contributed by atoms with van der Waals surface area (Å²) in [5.74, 6) is 0.924. The highest BCUT2D eigenvalue weighted by atomic mass is 16.2. The van der Waals surface area contributed by atoms with Gasteiger partial charge in [0.05, 0.1) is 6.04 Å². The molecule has 2 N–H and O–H groups in total. The highest BCUT2D eigenvalue weighted by molar-refractivity contribution is 5.95. The largest absolute Gasteiger partial charge is 0.325 e. The molecule has 3 heteroatoms. The molecule has 114 valence electrons. The van der Waals surface area contributed by atoms with Gasteiger partial charge in [-0.3, -0.25) is 4.79 Å². The molecule has 0 radical (unpaired) electrons. The molecule has 0 bridgehead atoms. The van der Waals surface area contributed by atoms with E-state index in [0.29, 0.717) is 6.04 Å². The predicted octanol–water partition coefficient (Wildman–Crippen LogP) is 3.55.